The van der Waals surface area contributed by atoms with E-state index < -0.39 is 0 Å². The van der Waals surface area contributed by atoms with Crippen molar-refractivity contribution < 1.29 is 18.5 Å². The average Bonchev–Trinajstić information content (AvgIpc) is 3.60. The highest BCUT2D eigenvalue weighted by molar-refractivity contribution is 5.94. The van der Waals surface area contributed by atoms with Gasteiger partial charge in [0.15, 0.2) is 6.40 Å². The second kappa shape index (κ2) is 16.7. The molecule has 0 saturated heterocycles. The van der Waals surface area contributed by atoms with Crippen molar-refractivity contribution in [2.24, 2.45) is 24.3 Å². The summed E-state index contributed by atoms with van der Waals surface area (Å²) < 4.78 is 26.0. The molecular formula is C42H42N6O6. The fourth-order valence-electron chi connectivity index (χ4n) is 6.00. The minimum atomic E-state index is -0.225. The molecule has 2 heterocycles. The van der Waals surface area contributed by atoms with Crippen molar-refractivity contribution in [3.63, 3.8) is 0 Å². The van der Waals surface area contributed by atoms with Crippen LogP contribution in [0, 0.1) is 13.8 Å². The van der Waals surface area contributed by atoms with Crippen LogP contribution < -0.4 is 21.1 Å². The number of benzene rings is 4. The number of rotatable bonds is 13. The molecule has 0 aliphatic rings. The standard InChI is InChI=1S/C42H42N6O6/c1-29(25-48(35-21-11-8-12-22-35)43-28-51-26-32-17-13-15-23-36(32)38-30(2)53-46(5)41(38)49)40(44-45(4)34-19-9-7-10-20-34)52-27-33-18-14-16-24-37(33)39-31(3)54-47(6)42(39)50/h7-25,28H,26-27H2,1-6H3/b29-25-,43-28-,44-40-. The number of ether oxygens (including phenoxy) is 2. The molecule has 0 saturated carbocycles. The first-order valence-electron chi connectivity index (χ1n) is 17.3. The first-order chi connectivity index (χ1) is 26.1. The van der Waals surface area contributed by atoms with Crippen molar-refractivity contribution in [3.05, 3.63) is 164 Å². The zero-order chi connectivity index (χ0) is 38.2. The Balaban J connectivity index is 1.30. The van der Waals surface area contributed by atoms with Crippen LogP contribution in [0.1, 0.15) is 29.6 Å². The monoisotopic (exact) mass is 726 g/mol. The van der Waals surface area contributed by atoms with E-state index in [1.165, 1.54) is 15.9 Å². The van der Waals surface area contributed by atoms with E-state index in [9.17, 15) is 9.59 Å². The normalized spacial score (nSPS) is 12.0. The number of hydrazone groups is 2. The van der Waals surface area contributed by atoms with Crippen LogP contribution in [-0.2, 0) is 36.8 Å². The summed E-state index contributed by atoms with van der Waals surface area (Å²) in [5.74, 6) is 1.38. The predicted molar refractivity (Wildman–Crippen MR) is 211 cm³/mol. The van der Waals surface area contributed by atoms with Crippen molar-refractivity contribution in [1.82, 2.24) is 9.48 Å². The summed E-state index contributed by atoms with van der Waals surface area (Å²) in [5.41, 5.74) is 5.87. The van der Waals surface area contributed by atoms with E-state index in [2.05, 4.69) is 5.10 Å². The maximum atomic E-state index is 13.0. The molecule has 2 aromatic heterocycles. The Morgan fingerprint density at radius 2 is 1.19 bits per heavy atom. The van der Waals surface area contributed by atoms with Gasteiger partial charge in [0, 0.05) is 32.9 Å². The largest absolute Gasteiger partial charge is 0.477 e. The second-order valence-corrected chi connectivity index (χ2v) is 12.5. The number of hydrogen-bond acceptors (Lipinski definition) is 10. The molecule has 12 heteroatoms. The molecule has 0 bridgehead atoms. The molecule has 4 aromatic carbocycles. The summed E-state index contributed by atoms with van der Waals surface area (Å²) >= 11 is 0. The van der Waals surface area contributed by atoms with Crippen LogP contribution in [0.3, 0.4) is 0 Å². The van der Waals surface area contributed by atoms with Crippen LogP contribution in [0.2, 0.25) is 0 Å². The summed E-state index contributed by atoms with van der Waals surface area (Å²) in [4.78, 5) is 25.8. The van der Waals surface area contributed by atoms with Gasteiger partial charge in [0.05, 0.1) is 22.5 Å². The molecule has 0 aliphatic heterocycles. The Morgan fingerprint density at radius 3 is 1.70 bits per heavy atom. The highest BCUT2D eigenvalue weighted by Gasteiger charge is 2.19. The van der Waals surface area contributed by atoms with Crippen molar-refractivity contribution in [1.29, 1.82) is 0 Å². The van der Waals surface area contributed by atoms with Gasteiger partial charge in [0.25, 0.3) is 11.1 Å². The first kappa shape index (κ1) is 37.0. The SMILES string of the molecule is CC(=C/N(/N=C\OCc1ccccc1-c1c(C)on(C)c1=O)c1ccccc1)/C(=N/N(C)c1ccccc1)OCc1ccccc1-c1c(C)on(C)c1=O. The Hall–Kier alpha value is -6.82. The molecule has 12 nitrogen and oxygen atoms in total. The van der Waals surface area contributed by atoms with Gasteiger partial charge >= 0.3 is 0 Å². The van der Waals surface area contributed by atoms with E-state index in [4.69, 9.17) is 23.6 Å². The van der Waals surface area contributed by atoms with Gasteiger partial charge < -0.3 is 18.5 Å². The average molecular weight is 727 g/mol. The fourth-order valence-corrected chi connectivity index (χ4v) is 6.00. The Labute approximate surface area is 313 Å². The molecule has 0 radical (unpaired) electrons. The molecule has 276 valence electrons. The molecule has 0 spiro atoms. The van der Waals surface area contributed by atoms with Crippen molar-refractivity contribution >= 4 is 23.7 Å². The number of anilines is 2. The number of nitrogens with zero attached hydrogens (tertiary/aromatic N) is 6. The smallest absolute Gasteiger partial charge is 0.290 e. The zero-order valence-electron chi connectivity index (χ0n) is 31.1. The lowest BCUT2D eigenvalue weighted by Gasteiger charge is -2.20. The van der Waals surface area contributed by atoms with E-state index in [1.807, 2.05) is 123 Å². The highest BCUT2D eigenvalue weighted by atomic mass is 16.5. The summed E-state index contributed by atoms with van der Waals surface area (Å²) in [6.45, 7) is 5.70. The Kier molecular flexibility index (Phi) is 11.4. The lowest BCUT2D eigenvalue weighted by atomic mass is 10.0. The molecule has 0 fully saturated rings. The van der Waals surface area contributed by atoms with E-state index >= 15 is 0 Å². The van der Waals surface area contributed by atoms with Crippen LogP contribution >= 0.6 is 0 Å². The number of para-hydroxylation sites is 2. The van der Waals surface area contributed by atoms with E-state index in [0.29, 0.717) is 34.1 Å². The Morgan fingerprint density at radius 1 is 0.704 bits per heavy atom. The fraction of sp³-hybridized carbons (Fsp3) is 0.190. The van der Waals surface area contributed by atoms with Crippen LogP contribution in [0.4, 0.5) is 11.4 Å². The summed E-state index contributed by atoms with van der Waals surface area (Å²) in [6.07, 6.45) is 3.17. The van der Waals surface area contributed by atoms with Crippen LogP contribution in [0.25, 0.3) is 22.3 Å². The molecule has 0 atom stereocenters. The van der Waals surface area contributed by atoms with Gasteiger partial charge in [-0.25, -0.2) is 5.01 Å². The van der Waals surface area contributed by atoms with Crippen LogP contribution in [-0.4, -0.2) is 28.8 Å². The van der Waals surface area contributed by atoms with Crippen molar-refractivity contribution in [2.45, 2.75) is 34.0 Å². The third kappa shape index (κ3) is 8.28. The van der Waals surface area contributed by atoms with Crippen molar-refractivity contribution in [3.8, 4) is 22.3 Å². The predicted octanol–water partition coefficient (Wildman–Crippen LogP) is 7.76. The molecule has 0 unspecified atom stereocenters. The van der Waals surface area contributed by atoms with Gasteiger partial charge in [-0.05, 0) is 67.3 Å². The summed E-state index contributed by atoms with van der Waals surface area (Å²) in [5, 5.41) is 12.9. The van der Waals surface area contributed by atoms with E-state index in [0.717, 1.165) is 33.6 Å². The summed E-state index contributed by atoms with van der Waals surface area (Å²) in [7, 11) is 5.02. The minimum absolute atomic E-state index is 0.118. The van der Waals surface area contributed by atoms with E-state index in [1.54, 1.807) is 44.2 Å². The van der Waals surface area contributed by atoms with Gasteiger partial charge in [-0.2, -0.15) is 9.48 Å². The lowest BCUT2D eigenvalue weighted by Crippen LogP contribution is -2.19. The maximum Gasteiger partial charge on any atom is 0.290 e. The number of aryl methyl sites for hydroxylation is 4. The van der Waals surface area contributed by atoms with E-state index in [-0.39, 0.29) is 24.3 Å². The maximum absolute atomic E-state index is 13.0. The molecule has 0 aliphatic carbocycles. The molecule has 54 heavy (non-hydrogen) atoms. The quantitative estimate of drug-likeness (QED) is 0.0673. The van der Waals surface area contributed by atoms with Gasteiger partial charge in [-0.3, -0.25) is 14.6 Å². The topological polar surface area (TPSA) is 120 Å². The Bertz CT molecular complexity index is 2420. The van der Waals surface area contributed by atoms with Gasteiger partial charge in [0.2, 0.25) is 5.90 Å². The van der Waals surface area contributed by atoms with Gasteiger partial charge in [0.1, 0.15) is 24.7 Å². The van der Waals surface area contributed by atoms with Gasteiger partial charge in [-0.1, -0.05) is 84.9 Å². The third-order valence-corrected chi connectivity index (χ3v) is 8.72. The minimum Gasteiger partial charge on any atom is -0.477 e. The molecule has 0 N–H and O–H groups in total. The first-order valence-corrected chi connectivity index (χ1v) is 17.3. The van der Waals surface area contributed by atoms with Crippen LogP contribution in [0.15, 0.2) is 150 Å². The molecule has 0 amide bonds. The lowest BCUT2D eigenvalue weighted by molar-refractivity contribution is 0.283. The van der Waals surface area contributed by atoms with Gasteiger partial charge in [-0.15, -0.1) is 10.2 Å². The van der Waals surface area contributed by atoms with Crippen molar-refractivity contribution in [2.75, 3.05) is 17.1 Å². The molecule has 6 rings (SSSR count). The summed E-state index contributed by atoms with van der Waals surface area (Å²) in [6, 6.07) is 34.5. The zero-order valence-corrected chi connectivity index (χ0v) is 31.1. The number of aromatic nitrogens is 2. The molecule has 6 aromatic rings. The number of hydrogen-bond donors (Lipinski definition) is 0. The molecular weight excluding hydrogens is 684 g/mol. The highest BCUT2D eigenvalue weighted by Crippen LogP contribution is 2.27. The second-order valence-electron chi connectivity index (χ2n) is 12.5. The van der Waals surface area contributed by atoms with Crippen LogP contribution in [0.5, 0.6) is 0 Å². The third-order valence-electron chi connectivity index (χ3n) is 8.72.